The van der Waals surface area contributed by atoms with Gasteiger partial charge in [0.15, 0.2) is 6.10 Å². The highest BCUT2D eigenvalue weighted by Gasteiger charge is 2.20. The molecule has 3 aromatic rings. The number of nitrogens with zero attached hydrogens (tertiary/aromatic N) is 4. The van der Waals surface area contributed by atoms with Crippen LogP contribution in [0.2, 0.25) is 0 Å². The monoisotopic (exact) mass is 400 g/mol. The SMILES string of the molecule is Cc1nc2nc(N)nn2c(C)c1CCC(=O)O[C@H](C)C(=O)Nc1ccccc1F. The van der Waals surface area contributed by atoms with Gasteiger partial charge < -0.3 is 15.8 Å². The van der Waals surface area contributed by atoms with Gasteiger partial charge in [-0.2, -0.15) is 9.50 Å². The van der Waals surface area contributed by atoms with Gasteiger partial charge in [0.25, 0.3) is 11.7 Å². The maximum absolute atomic E-state index is 13.6. The summed E-state index contributed by atoms with van der Waals surface area (Å²) < 4.78 is 20.3. The number of carbonyl (C=O) groups excluding carboxylic acids is 2. The van der Waals surface area contributed by atoms with Gasteiger partial charge in [0.2, 0.25) is 5.95 Å². The van der Waals surface area contributed by atoms with Crippen LogP contribution in [0.5, 0.6) is 0 Å². The van der Waals surface area contributed by atoms with Crippen LogP contribution >= 0.6 is 0 Å². The molecular formula is C19H21FN6O3. The summed E-state index contributed by atoms with van der Waals surface area (Å²) in [5.41, 5.74) is 7.94. The van der Waals surface area contributed by atoms with Crippen LogP contribution in [-0.2, 0) is 20.7 Å². The molecule has 0 radical (unpaired) electrons. The number of nitrogens with two attached hydrogens (primary N) is 1. The first-order valence-corrected chi connectivity index (χ1v) is 8.99. The number of nitrogen functional groups attached to an aromatic ring is 1. The average molecular weight is 400 g/mol. The van der Waals surface area contributed by atoms with Gasteiger partial charge in [-0.05, 0) is 44.9 Å². The molecule has 1 aromatic carbocycles. The highest BCUT2D eigenvalue weighted by Crippen LogP contribution is 2.17. The Kier molecular flexibility index (Phi) is 5.71. The molecule has 0 saturated carbocycles. The number of aryl methyl sites for hydroxylation is 2. The van der Waals surface area contributed by atoms with Crippen LogP contribution in [-0.4, -0.2) is 37.6 Å². The Bertz CT molecular complexity index is 1080. The highest BCUT2D eigenvalue weighted by molar-refractivity contribution is 5.95. The topological polar surface area (TPSA) is 124 Å². The number of esters is 1. The van der Waals surface area contributed by atoms with Crippen molar-refractivity contribution in [1.82, 2.24) is 19.6 Å². The molecule has 10 heteroatoms. The lowest BCUT2D eigenvalue weighted by atomic mass is 10.1. The Morgan fingerprint density at radius 2 is 2.00 bits per heavy atom. The number of rotatable bonds is 6. The minimum absolute atomic E-state index is 0.0260. The molecule has 0 fully saturated rings. The number of hydrogen-bond donors (Lipinski definition) is 2. The van der Waals surface area contributed by atoms with Crippen LogP contribution in [0.1, 0.15) is 30.3 Å². The maximum Gasteiger partial charge on any atom is 0.306 e. The summed E-state index contributed by atoms with van der Waals surface area (Å²) in [5.74, 6) is -1.23. The summed E-state index contributed by atoms with van der Waals surface area (Å²) in [6.45, 7) is 5.07. The largest absolute Gasteiger partial charge is 0.453 e. The summed E-state index contributed by atoms with van der Waals surface area (Å²) in [7, 11) is 0. The summed E-state index contributed by atoms with van der Waals surface area (Å²) in [5, 5.41) is 6.48. The number of ether oxygens (including phenoxy) is 1. The molecule has 152 valence electrons. The van der Waals surface area contributed by atoms with E-state index in [0.29, 0.717) is 17.9 Å². The quantitative estimate of drug-likeness (QED) is 0.606. The van der Waals surface area contributed by atoms with Gasteiger partial charge in [-0.1, -0.05) is 12.1 Å². The number of aromatic nitrogens is 4. The molecule has 2 heterocycles. The number of halogens is 1. The van der Waals surface area contributed by atoms with Gasteiger partial charge in [0, 0.05) is 17.8 Å². The normalized spacial score (nSPS) is 12.0. The molecule has 0 bridgehead atoms. The van der Waals surface area contributed by atoms with Gasteiger partial charge in [0.05, 0.1) is 5.69 Å². The molecule has 0 aliphatic carbocycles. The van der Waals surface area contributed by atoms with Crippen LogP contribution < -0.4 is 11.1 Å². The molecule has 0 saturated heterocycles. The number of benzene rings is 1. The molecule has 0 aliphatic rings. The van der Waals surface area contributed by atoms with Crippen molar-refractivity contribution >= 4 is 29.3 Å². The van der Waals surface area contributed by atoms with Crippen molar-refractivity contribution in [2.75, 3.05) is 11.1 Å². The van der Waals surface area contributed by atoms with E-state index in [9.17, 15) is 14.0 Å². The summed E-state index contributed by atoms with van der Waals surface area (Å²) in [4.78, 5) is 32.7. The molecule has 0 spiro atoms. The van der Waals surface area contributed by atoms with E-state index in [4.69, 9.17) is 10.5 Å². The standard InChI is InChI=1S/C19H21FN6O3/c1-10-13(11(2)26-19(22-10)24-18(21)25-26)8-9-16(27)29-12(3)17(28)23-15-7-5-4-6-14(15)20/h4-7,12H,8-9H2,1-3H3,(H2,21,25)(H,23,28)/t12-/m1/s1. The zero-order valence-corrected chi connectivity index (χ0v) is 16.3. The van der Waals surface area contributed by atoms with E-state index >= 15 is 0 Å². The number of anilines is 2. The van der Waals surface area contributed by atoms with Gasteiger partial charge >= 0.3 is 5.97 Å². The number of hydrogen-bond acceptors (Lipinski definition) is 7. The Balaban J connectivity index is 1.60. The highest BCUT2D eigenvalue weighted by atomic mass is 19.1. The van der Waals surface area contributed by atoms with Crippen LogP contribution in [0.4, 0.5) is 16.0 Å². The lowest BCUT2D eigenvalue weighted by molar-refractivity contribution is -0.153. The van der Waals surface area contributed by atoms with E-state index in [0.717, 1.165) is 11.3 Å². The Hall–Kier alpha value is -3.56. The van der Waals surface area contributed by atoms with Crippen molar-refractivity contribution in [1.29, 1.82) is 0 Å². The second kappa shape index (κ2) is 8.21. The van der Waals surface area contributed by atoms with Gasteiger partial charge in [0.1, 0.15) is 5.82 Å². The molecule has 3 N–H and O–H groups in total. The third-order valence-corrected chi connectivity index (χ3v) is 4.45. The van der Waals surface area contributed by atoms with Crippen molar-refractivity contribution < 1.29 is 18.7 Å². The van der Waals surface area contributed by atoms with E-state index < -0.39 is 23.8 Å². The second-order valence-electron chi connectivity index (χ2n) is 6.54. The van der Waals surface area contributed by atoms with Crippen molar-refractivity contribution in [3.8, 4) is 0 Å². The number of carbonyl (C=O) groups is 2. The molecule has 1 amide bonds. The third kappa shape index (κ3) is 4.48. The number of nitrogens with one attached hydrogen (secondary N) is 1. The van der Waals surface area contributed by atoms with Crippen LogP contribution in [0.3, 0.4) is 0 Å². The summed E-state index contributed by atoms with van der Waals surface area (Å²) in [6, 6.07) is 5.75. The maximum atomic E-state index is 13.6. The van der Waals surface area contributed by atoms with Crippen molar-refractivity contribution in [2.45, 2.75) is 39.7 Å². The summed E-state index contributed by atoms with van der Waals surface area (Å²) in [6.07, 6.45) is -0.683. The van der Waals surface area contributed by atoms with E-state index in [1.54, 1.807) is 6.07 Å². The van der Waals surface area contributed by atoms with E-state index in [-0.39, 0.29) is 18.1 Å². The first-order valence-electron chi connectivity index (χ1n) is 8.99. The molecule has 0 aliphatic heterocycles. The summed E-state index contributed by atoms with van der Waals surface area (Å²) >= 11 is 0. The minimum Gasteiger partial charge on any atom is -0.453 e. The zero-order chi connectivity index (χ0) is 21.1. The third-order valence-electron chi connectivity index (χ3n) is 4.45. The fourth-order valence-corrected chi connectivity index (χ4v) is 2.92. The number of amides is 1. The lowest BCUT2D eigenvalue weighted by Gasteiger charge is -2.14. The predicted octanol–water partition coefficient (Wildman–Crippen LogP) is 1.97. The molecule has 9 nitrogen and oxygen atoms in total. The fourth-order valence-electron chi connectivity index (χ4n) is 2.92. The van der Waals surface area contributed by atoms with Crippen molar-refractivity contribution in [2.24, 2.45) is 0 Å². The number of para-hydroxylation sites is 1. The predicted molar refractivity (Wildman–Crippen MR) is 104 cm³/mol. The van der Waals surface area contributed by atoms with Crippen LogP contribution in [0.25, 0.3) is 5.78 Å². The van der Waals surface area contributed by atoms with E-state index in [1.807, 2.05) is 13.8 Å². The van der Waals surface area contributed by atoms with Gasteiger partial charge in [-0.15, -0.1) is 5.10 Å². The van der Waals surface area contributed by atoms with Gasteiger partial charge in [-0.25, -0.2) is 9.37 Å². The van der Waals surface area contributed by atoms with Crippen LogP contribution in [0, 0.1) is 19.7 Å². The van der Waals surface area contributed by atoms with Crippen molar-refractivity contribution in [3.63, 3.8) is 0 Å². The van der Waals surface area contributed by atoms with E-state index in [1.165, 1.54) is 29.6 Å². The molecule has 3 rings (SSSR count). The fraction of sp³-hybridized carbons (Fsp3) is 0.316. The number of fused-ring (bicyclic) bond motifs is 1. The van der Waals surface area contributed by atoms with E-state index in [2.05, 4.69) is 20.4 Å². The van der Waals surface area contributed by atoms with Crippen LogP contribution in [0.15, 0.2) is 24.3 Å². The minimum atomic E-state index is -1.07. The lowest BCUT2D eigenvalue weighted by Crippen LogP contribution is -2.30. The Morgan fingerprint density at radius 1 is 1.28 bits per heavy atom. The van der Waals surface area contributed by atoms with Crippen molar-refractivity contribution in [3.05, 3.63) is 47.0 Å². The first kappa shape index (κ1) is 20.2. The second-order valence-corrected chi connectivity index (χ2v) is 6.54. The zero-order valence-electron chi connectivity index (χ0n) is 16.3. The Morgan fingerprint density at radius 3 is 2.72 bits per heavy atom. The average Bonchev–Trinajstić information content (AvgIpc) is 3.03. The molecule has 1 atom stereocenters. The van der Waals surface area contributed by atoms with Gasteiger partial charge in [-0.3, -0.25) is 9.59 Å². The molecular weight excluding hydrogens is 379 g/mol. The Labute approximate surface area is 166 Å². The molecule has 0 unspecified atom stereocenters. The molecule has 2 aromatic heterocycles. The first-order chi connectivity index (χ1) is 13.8. The smallest absolute Gasteiger partial charge is 0.306 e. The molecule has 29 heavy (non-hydrogen) atoms.